The van der Waals surface area contributed by atoms with Crippen LogP contribution in [0.4, 0.5) is 5.69 Å². The first kappa shape index (κ1) is 16.6. The third-order valence-electron chi connectivity index (χ3n) is 2.98. The van der Waals surface area contributed by atoms with Gasteiger partial charge in [0.25, 0.3) is 11.6 Å². The van der Waals surface area contributed by atoms with Gasteiger partial charge in [0, 0.05) is 17.2 Å². The standard InChI is InChI=1S/C14H18N2O5/c1-8(13(18)19)15-12(17)9-5-6-10(14(2,3)4)11(7-9)16(20)21/h5-8H,1-4H3,(H,15,17)(H,18,19)/t8-/m1/s1. The number of nitro groups is 1. The number of benzene rings is 1. The van der Waals surface area contributed by atoms with E-state index < -0.39 is 28.3 Å². The van der Waals surface area contributed by atoms with Gasteiger partial charge in [-0.3, -0.25) is 19.7 Å². The van der Waals surface area contributed by atoms with E-state index in [0.717, 1.165) is 0 Å². The van der Waals surface area contributed by atoms with Crippen LogP contribution in [-0.2, 0) is 10.2 Å². The van der Waals surface area contributed by atoms with Crippen molar-refractivity contribution in [1.29, 1.82) is 0 Å². The lowest BCUT2D eigenvalue weighted by molar-refractivity contribution is -0.386. The molecule has 0 spiro atoms. The zero-order valence-corrected chi connectivity index (χ0v) is 12.3. The van der Waals surface area contributed by atoms with E-state index in [2.05, 4.69) is 5.32 Å². The molecule has 7 heteroatoms. The minimum absolute atomic E-state index is 0.0581. The molecule has 0 aliphatic rings. The summed E-state index contributed by atoms with van der Waals surface area (Å²) in [6, 6.07) is 3.08. The van der Waals surface area contributed by atoms with E-state index in [4.69, 9.17) is 5.11 Å². The molecule has 0 radical (unpaired) electrons. The highest BCUT2D eigenvalue weighted by atomic mass is 16.6. The number of hydrogen-bond acceptors (Lipinski definition) is 4. The summed E-state index contributed by atoms with van der Waals surface area (Å²) in [7, 11) is 0. The van der Waals surface area contributed by atoms with Crippen molar-refractivity contribution in [2.24, 2.45) is 0 Å². The number of amides is 1. The van der Waals surface area contributed by atoms with E-state index in [1.54, 1.807) is 0 Å². The summed E-state index contributed by atoms with van der Waals surface area (Å²) in [6.07, 6.45) is 0. The Morgan fingerprint density at radius 3 is 2.33 bits per heavy atom. The molecule has 0 saturated heterocycles. The zero-order valence-electron chi connectivity index (χ0n) is 12.3. The normalized spacial score (nSPS) is 12.6. The van der Waals surface area contributed by atoms with Crippen LogP contribution in [0.5, 0.6) is 0 Å². The highest BCUT2D eigenvalue weighted by Crippen LogP contribution is 2.31. The summed E-state index contributed by atoms with van der Waals surface area (Å²) >= 11 is 0. The van der Waals surface area contributed by atoms with Gasteiger partial charge in [0.05, 0.1) is 4.92 Å². The predicted octanol–water partition coefficient (Wildman–Crippen LogP) is 2.10. The van der Waals surface area contributed by atoms with E-state index >= 15 is 0 Å². The van der Waals surface area contributed by atoms with Crippen LogP contribution in [0.1, 0.15) is 43.6 Å². The van der Waals surface area contributed by atoms with Crippen molar-refractivity contribution in [2.75, 3.05) is 0 Å². The minimum Gasteiger partial charge on any atom is -0.480 e. The first-order chi connectivity index (χ1) is 9.54. The molecule has 7 nitrogen and oxygen atoms in total. The van der Waals surface area contributed by atoms with Gasteiger partial charge in [-0.15, -0.1) is 0 Å². The smallest absolute Gasteiger partial charge is 0.325 e. The second-order valence-corrected chi connectivity index (χ2v) is 5.77. The molecule has 0 aromatic heterocycles. The molecule has 1 amide bonds. The summed E-state index contributed by atoms with van der Waals surface area (Å²) in [6.45, 7) is 6.82. The van der Waals surface area contributed by atoms with E-state index in [-0.39, 0.29) is 11.3 Å². The SMILES string of the molecule is C[C@@H](NC(=O)c1ccc(C(C)(C)C)c([N+](=O)[O-])c1)C(=O)O. The van der Waals surface area contributed by atoms with Crippen molar-refractivity contribution in [3.8, 4) is 0 Å². The van der Waals surface area contributed by atoms with Gasteiger partial charge < -0.3 is 10.4 Å². The largest absolute Gasteiger partial charge is 0.480 e. The molecule has 0 aliphatic carbocycles. The highest BCUT2D eigenvalue weighted by molar-refractivity contribution is 5.97. The van der Waals surface area contributed by atoms with Crippen molar-refractivity contribution in [2.45, 2.75) is 39.2 Å². The molecule has 21 heavy (non-hydrogen) atoms. The molecule has 0 saturated carbocycles. The zero-order chi connectivity index (χ0) is 16.4. The van der Waals surface area contributed by atoms with Gasteiger partial charge in [-0.25, -0.2) is 0 Å². The second-order valence-electron chi connectivity index (χ2n) is 5.77. The lowest BCUT2D eigenvalue weighted by atomic mass is 9.85. The van der Waals surface area contributed by atoms with Crippen LogP contribution in [-0.4, -0.2) is 27.9 Å². The summed E-state index contributed by atoms with van der Waals surface area (Å²) < 4.78 is 0. The van der Waals surface area contributed by atoms with Crippen molar-refractivity contribution >= 4 is 17.6 Å². The third kappa shape index (κ3) is 4.01. The van der Waals surface area contributed by atoms with E-state index in [9.17, 15) is 19.7 Å². The molecule has 1 aromatic rings. The molecular weight excluding hydrogens is 276 g/mol. The van der Waals surface area contributed by atoms with E-state index in [1.165, 1.54) is 25.1 Å². The van der Waals surface area contributed by atoms with Gasteiger partial charge in [-0.05, 0) is 18.4 Å². The maximum Gasteiger partial charge on any atom is 0.325 e. The molecule has 0 unspecified atom stereocenters. The number of hydrogen-bond donors (Lipinski definition) is 2. The summed E-state index contributed by atoms with van der Waals surface area (Å²) in [5.41, 5.74) is -0.0255. The van der Waals surface area contributed by atoms with Gasteiger partial charge in [0.2, 0.25) is 0 Å². The van der Waals surface area contributed by atoms with Gasteiger partial charge in [0.1, 0.15) is 6.04 Å². The number of nitro benzene ring substituents is 1. The Bertz CT molecular complexity index is 590. The predicted molar refractivity (Wildman–Crippen MR) is 76.4 cm³/mol. The molecule has 0 bridgehead atoms. The minimum atomic E-state index is -1.18. The molecule has 0 fully saturated rings. The number of carboxylic acid groups (broad SMARTS) is 1. The first-order valence-electron chi connectivity index (χ1n) is 6.36. The molecular formula is C14H18N2O5. The van der Waals surface area contributed by atoms with E-state index in [1.807, 2.05) is 20.8 Å². The van der Waals surface area contributed by atoms with Crippen molar-refractivity contribution < 1.29 is 19.6 Å². The lowest BCUT2D eigenvalue weighted by Gasteiger charge is -2.19. The molecule has 0 heterocycles. The van der Waals surface area contributed by atoms with Crippen LogP contribution in [0.15, 0.2) is 18.2 Å². The molecule has 0 aliphatic heterocycles. The Morgan fingerprint density at radius 1 is 1.33 bits per heavy atom. The van der Waals surface area contributed by atoms with Crippen LogP contribution in [0.3, 0.4) is 0 Å². The monoisotopic (exact) mass is 294 g/mol. The van der Waals surface area contributed by atoms with Crippen LogP contribution in [0.25, 0.3) is 0 Å². The van der Waals surface area contributed by atoms with Crippen LogP contribution in [0, 0.1) is 10.1 Å². The van der Waals surface area contributed by atoms with Gasteiger partial charge in [0.15, 0.2) is 0 Å². The summed E-state index contributed by atoms with van der Waals surface area (Å²) in [5, 5.41) is 22.2. The quantitative estimate of drug-likeness (QED) is 0.652. The van der Waals surface area contributed by atoms with Crippen molar-refractivity contribution in [3.63, 3.8) is 0 Å². The van der Waals surface area contributed by atoms with Gasteiger partial charge in [-0.1, -0.05) is 26.8 Å². The van der Waals surface area contributed by atoms with Crippen LogP contribution < -0.4 is 5.32 Å². The van der Waals surface area contributed by atoms with Crippen molar-refractivity contribution in [1.82, 2.24) is 5.32 Å². The Balaban J connectivity index is 3.18. The molecule has 2 N–H and O–H groups in total. The van der Waals surface area contributed by atoms with Crippen LogP contribution in [0.2, 0.25) is 0 Å². The average Bonchev–Trinajstić information content (AvgIpc) is 2.36. The molecule has 1 rings (SSSR count). The maximum atomic E-state index is 11.9. The van der Waals surface area contributed by atoms with Gasteiger partial charge in [-0.2, -0.15) is 0 Å². The van der Waals surface area contributed by atoms with Crippen molar-refractivity contribution in [3.05, 3.63) is 39.4 Å². The van der Waals surface area contributed by atoms with E-state index in [0.29, 0.717) is 5.56 Å². The first-order valence-corrected chi connectivity index (χ1v) is 6.36. The summed E-state index contributed by atoms with van der Waals surface area (Å²) in [4.78, 5) is 33.2. The Hall–Kier alpha value is -2.44. The number of carbonyl (C=O) groups is 2. The molecule has 1 aromatic carbocycles. The Kier molecular flexibility index (Phi) is 4.67. The Labute approximate surface area is 122 Å². The summed E-state index contributed by atoms with van der Waals surface area (Å²) in [5.74, 6) is -1.84. The number of carboxylic acids is 1. The number of aliphatic carboxylic acids is 1. The number of nitrogens with zero attached hydrogens (tertiary/aromatic N) is 1. The molecule has 114 valence electrons. The topological polar surface area (TPSA) is 110 Å². The highest BCUT2D eigenvalue weighted by Gasteiger charge is 2.26. The fourth-order valence-electron chi connectivity index (χ4n) is 1.80. The number of rotatable bonds is 4. The average molecular weight is 294 g/mol. The Morgan fingerprint density at radius 2 is 1.90 bits per heavy atom. The second kappa shape index (κ2) is 5.90. The maximum absolute atomic E-state index is 11.9. The third-order valence-corrected chi connectivity index (χ3v) is 2.98. The fourth-order valence-corrected chi connectivity index (χ4v) is 1.80. The van der Waals surface area contributed by atoms with Crippen LogP contribution >= 0.6 is 0 Å². The lowest BCUT2D eigenvalue weighted by Crippen LogP contribution is -2.38. The van der Waals surface area contributed by atoms with Gasteiger partial charge >= 0.3 is 5.97 Å². The number of carbonyl (C=O) groups excluding carboxylic acids is 1. The number of nitrogens with one attached hydrogen (secondary N) is 1. The fraction of sp³-hybridized carbons (Fsp3) is 0.429. The molecule has 1 atom stereocenters.